The molecule has 1 aromatic carbocycles. The Bertz CT molecular complexity index is 384. The highest BCUT2D eigenvalue weighted by Gasteiger charge is 2.00. The number of rotatable bonds is 3. The van der Waals surface area contributed by atoms with Crippen molar-refractivity contribution in [1.82, 2.24) is 0 Å². The molecule has 0 spiro atoms. The monoisotopic (exact) mass is 208 g/mol. The number of nitrogens with zero attached hydrogens (tertiary/aromatic N) is 2. The maximum atomic E-state index is 8.43. The van der Waals surface area contributed by atoms with Gasteiger partial charge in [-0.15, -0.1) is 0 Å². The summed E-state index contributed by atoms with van der Waals surface area (Å²) >= 11 is 0. The van der Waals surface area contributed by atoms with Crippen molar-refractivity contribution in [3.05, 3.63) is 35.4 Å². The topological polar surface area (TPSA) is 117 Å². The average Bonchev–Trinajstić information content (AvgIpc) is 2.29. The molecule has 6 heteroatoms. The summed E-state index contributed by atoms with van der Waals surface area (Å²) in [6, 6.07) is 6.89. The van der Waals surface area contributed by atoms with Crippen LogP contribution in [0.25, 0.3) is 0 Å². The van der Waals surface area contributed by atoms with Crippen LogP contribution in [-0.2, 0) is 6.42 Å². The lowest BCUT2D eigenvalue weighted by atomic mass is 10.1. The molecule has 0 aliphatic rings. The molecule has 80 valence electrons. The minimum absolute atomic E-state index is 0.0466. The third kappa shape index (κ3) is 2.87. The second-order valence-corrected chi connectivity index (χ2v) is 2.95. The number of hydrogen-bond donors (Lipinski definition) is 4. The Labute approximate surface area is 86.5 Å². The van der Waals surface area contributed by atoms with E-state index in [0.29, 0.717) is 12.0 Å². The van der Waals surface area contributed by atoms with Crippen LogP contribution < -0.4 is 11.5 Å². The Morgan fingerprint density at radius 3 is 2.13 bits per heavy atom. The summed E-state index contributed by atoms with van der Waals surface area (Å²) < 4.78 is 0. The number of hydrogen-bond acceptors (Lipinski definition) is 4. The fraction of sp³-hybridized carbons (Fsp3) is 0.111. The summed E-state index contributed by atoms with van der Waals surface area (Å²) in [6.45, 7) is 0. The van der Waals surface area contributed by atoms with Crippen LogP contribution in [0.2, 0.25) is 0 Å². The van der Waals surface area contributed by atoms with Crippen LogP contribution in [-0.4, -0.2) is 22.1 Å². The van der Waals surface area contributed by atoms with Crippen LogP contribution in [0.3, 0.4) is 0 Å². The Morgan fingerprint density at radius 2 is 1.67 bits per heavy atom. The molecule has 6 N–H and O–H groups in total. The summed E-state index contributed by atoms with van der Waals surface area (Å²) in [5.41, 5.74) is 12.2. The fourth-order valence-electron chi connectivity index (χ4n) is 1.10. The highest BCUT2D eigenvalue weighted by atomic mass is 16.4. The summed E-state index contributed by atoms with van der Waals surface area (Å²) in [5, 5.41) is 22.5. The van der Waals surface area contributed by atoms with E-state index in [2.05, 4.69) is 10.3 Å². The summed E-state index contributed by atoms with van der Waals surface area (Å²) in [4.78, 5) is 0. The van der Waals surface area contributed by atoms with Crippen molar-refractivity contribution in [3.63, 3.8) is 0 Å². The lowest BCUT2D eigenvalue weighted by Crippen LogP contribution is -2.15. The number of amidine groups is 2. The van der Waals surface area contributed by atoms with Gasteiger partial charge in [0.1, 0.15) is 5.84 Å². The third-order valence-corrected chi connectivity index (χ3v) is 1.87. The van der Waals surface area contributed by atoms with Gasteiger partial charge in [0.25, 0.3) is 0 Å². The Morgan fingerprint density at radius 1 is 1.07 bits per heavy atom. The van der Waals surface area contributed by atoms with Gasteiger partial charge in [0, 0.05) is 12.0 Å². The first-order chi connectivity index (χ1) is 7.17. The van der Waals surface area contributed by atoms with Gasteiger partial charge in [0.05, 0.1) is 0 Å². The smallest absolute Gasteiger partial charge is 0.170 e. The third-order valence-electron chi connectivity index (χ3n) is 1.87. The van der Waals surface area contributed by atoms with Crippen LogP contribution in [0.15, 0.2) is 34.6 Å². The van der Waals surface area contributed by atoms with Crippen molar-refractivity contribution >= 4 is 11.7 Å². The Balaban J connectivity index is 2.81. The van der Waals surface area contributed by atoms with E-state index in [1.54, 1.807) is 24.3 Å². The molecule has 0 aliphatic carbocycles. The molecule has 0 fully saturated rings. The normalized spacial score (nSPS) is 12.8. The quantitative estimate of drug-likeness (QED) is 0.243. The predicted molar refractivity (Wildman–Crippen MR) is 56.1 cm³/mol. The van der Waals surface area contributed by atoms with Gasteiger partial charge in [-0.05, 0) is 5.56 Å². The molecular weight excluding hydrogens is 196 g/mol. The van der Waals surface area contributed by atoms with Crippen molar-refractivity contribution in [3.8, 4) is 0 Å². The maximum absolute atomic E-state index is 8.43. The molecule has 6 nitrogen and oxygen atoms in total. The van der Waals surface area contributed by atoms with Gasteiger partial charge in [0.2, 0.25) is 0 Å². The Hall–Kier alpha value is -2.24. The lowest BCUT2D eigenvalue weighted by Gasteiger charge is -2.01. The molecule has 0 saturated carbocycles. The SMILES string of the molecule is N/C(=N\O)c1ccc(C/C(N)=N\O)cc1. The highest BCUT2D eigenvalue weighted by Crippen LogP contribution is 2.04. The molecule has 0 radical (unpaired) electrons. The fourth-order valence-corrected chi connectivity index (χ4v) is 1.10. The molecule has 0 saturated heterocycles. The second-order valence-electron chi connectivity index (χ2n) is 2.95. The highest BCUT2D eigenvalue weighted by molar-refractivity contribution is 5.97. The standard InChI is InChI=1S/C9H12N4O2/c10-8(12-14)5-6-1-3-7(4-2-6)9(11)13-15/h1-4,14-15H,5H2,(H2,10,12)(H2,11,13). The van der Waals surface area contributed by atoms with Crippen LogP contribution in [0.1, 0.15) is 11.1 Å². The molecule has 0 atom stereocenters. The van der Waals surface area contributed by atoms with Gasteiger partial charge in [-0.2, -0.15) is 0 Å². The number of nitrogens with two attached hydrogens (primary N) is 2. The van der Waals surface area contributed by atoms with E-state index in [9.17, 15) is 0 Å². The van der Waals surface area contributed by atoms with E-state index in [4.69, 9.17) is 21.9 Å². The minimum atomic E-state index is 0.0466. The predicted octanol–water partition coefficient (Wildman–Crippen LogP) is 0.0700. The lowest BCUT2D eigenvalue weighted by molar-refractivity contribution is 0.317. The number of benzene rings is 1. The van der Waals surface area contributed by atoms with Gasteiger partial charge in [0.15, 0.2) is 5.84 Å². The molecule has 0 unspecified atom stereocenters. The van der Waals surface area contributed by atoms with Crippen LogP contribution in [0.5, 0.6) is 0 Å². The van der Waals surface area contributed by atoms with Crippen molar-refractivity contribution in [2.24, 2.45) is 21.8 Å². The molecule has 0 heterocycles. The maximum Gasteiger partial charge on any atom is 0.170 e. The van der Waals surface area contributed by atoms with Crippen molar-refractivity contribution < 1.29 is 10.4 Å². The first-order valence-corrected chi connectivity index (χ1v) is 4.20. The molecule has 15 heavy (non-hydrogen) atoms. The first-order valence-electron chi connectivity index (χ1n) is 4.20. The van der Waals surface area contributed by atoms with E-state index in [-0.39, 0.29) is 11.7 Å². The van der Waals surface area contributed by atoms with Gasteiger partial charge in [-0.1, -0.05) is 34.6 Å². The van der Waals surface area contributed by atoms with E-state index >= 15 is 0 Å². The van der Waals surface area contributed by atoms with Gasteiger partial charge >= 0.3 is 0 Å². The molecule has 0 bridgehead atoms. The number of oxime groups is 2. The van der Waals surface area contributed by atoms with Crippen molar-refractivity contribution in [1.29, 1.82) is 0 Å². The van der Waals surface area contributed by atoms with Gasteiger partial charge < -0.3 is 21.9 Å². The summed E-state index contributed by atoms with van der Waals surface area (Å²) in [7, 11) is 0. The molecule has 0 aromatic heterocycles. The summed E-state index contributed by atoms with van der Waals surface area (Å²) in [6.07, 6.45) is 0.354. The Kier molecular flexibility index (Phi) is 3.50. The van der Waals surface area contributed by atoms with Gasteiger partial charge in [-0.3, -0.25) is 0 Å². The zero-order valence-electron chi connectivity index (χ0n) is 7.96. The minimum Gasteiger partial charge on any atom is -0.409 e. The molecular formula is C9H12N4O2. The average molecular weight is 208 g/mol. The van der Waals surface area contributed by atoms with E-state index < -0.39 is 0 Å². The van der Waals surface area contributed by atoms with E-state index in [1.165, 1.54) is 0 Å². The van der Waals surface area contributed by atoms with E-state index in [1.807, 2.05) is 0 Å². The zero-order valence-corrected chi connectivity index (χ0v) is 7.96. The summed E-state index contributed by atoms with van der Waals surface area (Å²) in [5.74, 6) is 0.178. The van der Waals surface area contributed by atoms with Crippen molar-refractivity contribution in [2.45, 2.75) is 6.42 Å². The van der Waals surface area contributed by atoms with E-state index in [0.717, 1.165) is 5.56 Å². The molecule has 0 aliphatic heterocycles. The zero-order chi connectivity index (χ0) is 11.3. The molecule has 0 amide bonds. The molecule has 1 aromatic rings. The van der Waals surface area contributed by atoms with Crippen molar-refractivity contribution in [2.75, 3.05) is 0 Å². The second kappa shape index (κ2) is 4.85. The van der Waals surface area contributed by atoms with Crippen LogP contribution >= 0.6 is 0 Å². The largest absolute Gasteiger partial charge is 0.409 e. The first kappa shape index (κ1) is 10.8. The van der Waals surface area contributed by atoms with Gasteiger partial charge in [-0.25, -0.2) is 0 Å². The van der Waals surface area contributed by atoms with Crippen LogP contribution in [0, 0.1) is 0 Å². The van der Waals surface area contributed by atoms with Crippen LogP contribution in [0.4, 0.5) is 0 Å². The molecule has 1 rings (SSSR count).